The van der Waals surface area contributed by atoms with E-state index in [0.717, 1.165) is 6.42 Å². The molecule has 0 aromatic heterocycles. The third-order valence-electron chi connectivity index (χ3n) is 2.72. The van der Waals surface area contributed by atoms with Crippen LogP contribution in [0.15, 0.2) is 0 Å². The minimum absolute atomic E-state index is 0.118. The summed E-state index contributed by atoms with van der Waals surface area (Å²) in [6.45, 7) is 7.24. The minimum atomic E-state index is -0.273. The van der Waals surface area contributed by atoms with Crippen LogP contribution in [-0.4, -0.2) is 31.6 Å². The molecule has 1 aliphatic heterocycles. The smallest absolute Gasteiger partial charge is 0.305 e. The summed E-state index contributed by atoms with van der Waals surface area (Å²) < 4.78 is 15.8. The van der Waals surface area contributed by atoms with Crippen molar-refractivity contribution in [2.75, 3.05) is 20.0 Å². The molecule has 4 nitrogen and oxygen atoms in total. The molecule has 4 heteroatoms. The summed E-state index contributed by atoms with van der Waals surface area (Å²) in [5.41, 5.74) is -0.273. The highest BCUT2D eigenvalue weighted by Gasteiger charge is 2.34. The number of ether oxygens (including phenoxy) is 3. The van der Waals surface area contributed by atoms with Gasteiger partial charge in [0.25, 0.3) is 0 Å². The lowest BCUT2D eigenvalue weighted by atomic mass is 9.91. The van der Waals surface area contributed by atoms with E-state index in [1.165, 1.54) is 0 Å². The third-order valence-corrected chi connectivity index (χ3v) is 2.72. The molecule has 0 saturated carbocycles. The molecule has 0 radical (unpaired) electrons. The van der Waals surface area contributed by atoms with E-state index in [9.17, 15) is 4.79 Å². The number of hydrogen-bond acceptors (Lipinski definition) is 4. The van der Waals surface area contributed by atoms with Crippen molar-refractivity contribution >= 4 is 5.97 Å². The first-order valence-corrected chi connectivity index (χ1v) is 5.43. The highest BCUT2D eigenvalue weighted by Crippen LogP contribution is 2.26. The maximum Gasteiger partial charge on any atom is 0.305 e. The Kier molecular flexibility index (Phi) is 4.54. The molecule has 1 heterocycles. The topological polar surface area (TPSA) is 44.8 Å². The van der Waals surface area contributed by atoms with Crippen LogP contribution in [0, 0.1) is 5.92 Å². The van der Waals surface area contributed by atoms with Crippen molar-refractivity contribution in [3.05, 3.63) is 0 Å². The van der Waals surface area contributed by atoms with E-state index in [0.29, 0.717) is 26.4 Å². The summed E-state index contributed by atoms with van der Waals surface area (Å²) >= 11 is 0. The van der Waals surface area contributed by atoms with Gasteiger partial charge in [0.05, 0.1) is 18.8 Å². The molecule has 1 atom stereocenters. The molecule has 1 saturated heterocycles. The Morgan fingerprint density at radius 1 is 1.53 bits per heavy atom. The van der Waals surface area contributed by atoms with E-state index in [-0.39, 0.29) is 17.5 Å². The molecule has 1 fully saturated rings. The van der Waals surface area contributed by atoms with E-state index >= 15 is 0 Å². The zero-order valence-corrected chi connectivity index (χ0v) is 9.75. The van der Waals surface area contributed by atoms with E-state index in [2.05, 4.69) is 0 Å². The Hall–Kier alpha value is -0.610. The van der Waals surface area contributed by atoms with Gasteiger partial charge in [0, 0.05) is 12.3 Å². The van der Waals surface area contributed by atoms with Crippen LogP contribution in [0.2, 0.25) is 0 Å². The summed E-state index contributed by atoms with van der Waals surface area (Å²) in [6.07, 6.45) is 1.30. The normalized spacial score (nSPS) is 24.9. The average Bonchev–Trinajstić information content (AvgIpc) is 2.16. The number of carbonyl (C=O) groups excluding carboxylic acids is 1. The van der Waals surface area contributed by atoms with Gasteiger partial charge in [-0.05, 0) is 20.3 Å². The fourth-order valence-electron chi connectivity index (χ4n) is 1.42. The molecule has 0 aromatic rings. The number of rotatable bonds is 4. The second-order valence-electron chi connectivity index (χ2n) is 4.37. The van der Waals surface area contributed by atoms with Crippen molar-refractivity contribution in [1.29, 1.82) is 0 Å². The molecule has 15 heavy (non-hydrogen) atoms. The van der Waals surface area contributed by atoms with Crippen LogP contribution < -0.4 is 0 Å². The highest BCUT2D eigenvalue weighted by atomic mass is 16.7. The van der Waals surface area contributed by atoms with Crippen molar-refractivity contribution in [2.45, 2.75) is 39.2 Å². The maximum absolute atomic E-state index is 11.2. The quantitative estimate of drug-likeness (QED) is 0.671. The Labute approximate surface area is 90.9 Å². The van der Waals surface area contributed by atoms with Gasteiger partial charge in [-0.1, -0.05) is 6.92 Å². The number of carbonyl (C=O) groups is 1. The summed E-state index contributed by atoms with van der Waals surface area (Å²) in [7, 11) is 0. The zero-order chi connectivity index (χ0) is 11.3. The lowest BCUT2D eigenvalue weighted by Gasteiger charge is -2.37. The first-order chi connectivity index (χ1) is 7.06. The molecule has 0 amide bonds. The van der Waals surface area contributed by atoms with Crippen molar-refractivity contribution in [3.8, 4) is 0 Å². The third kappa shape index (κ3) is 3.80. The van der Waals surface area contributed by atoms with Crippen LogP contribution in [0.3, 0.4) is 0 Å². The molecular formula is C11H20O4. The van der Waals surface area contributed by atoms with Gasteiger partial charge in [0.15, 0.2) is 0 Å². The van der Waals surface area contributed by atoms with Crippen LogP contribution >= 0.6 is 0 Å². The van der Waals surface area contributed by atoms with Gasteiger partial charge in [-0.2, -0.15) is 0 Å². The molecule has 0 aromatic carbocycles. The Bertz CT molecular complexity index is 213. The lowest BCUT2D eigenvalue weighted by molar-refractivity contribution is -0.220. The van der Waals surface area contributed by atoms with Crippen molar-refractivity contribution in [2.24, 2.45) is 5.92 Å². The Morgan fingerprint density at radius 3 is 2.87 bits per heavy atom. The SMILES string of the molecule is CCCC(=O)OCC1COCOC1(C)C. The number of hydrogen-bond donors (Lipinski definition) is 0. The van der Waals surface area contributed by atoms with Crippen molar-refractivity contribution in [1.82, 2.24) is 0 Å². The molecule has 1 rings (SSSR count). The second kappa shape index (κ2) is 5.47. The van der Waals surface area contributed by atoms with E-state index < -0.39 is 0 Å². The Morgan fingerprint density at radius 2 is 2.27 bits per heavy atom. The van der Waals surface area contributed by atoms with Crippen molar-refractivity contribution < 1.29 is 19.0 Å². The van der Waals surface area contributed by atoms with Crippen LogP contribution in [0.1, 0.15) is 33.6 Å². The fourth-order valence-corrected chi connectivity index (χ4v) is 1.42. The zero-order valence-electron chi connectivity index (χ0n) is 9.75. The van der Waals surface area contributed by atoms with E-state index in [4.69, 9.17) is 14.2 Å². The summed E-state index contributed by atoms with van der Waals surface area (Å²) in [6, 6.07) is 0. The van der Waals surface area contributed by atoms with Crippen LogP contribution in [0.5, 0.6) is 0 Å². The summed E-state index contributed by atoms with van der Waals surface area (Å²) in [5, 5.41) is 0. The monoisotopic (exact) mass is 216 g/mol. The van der Waals surface area contributed by atoms with Gasteiger partial charge in [0.2, 0.25) is 0 Å². The fraction of sp³-hybridized carbons (Fsp3) is 0.909. The average molecular weight is 216 g/mol. The molecule has 0 N–H and O–H groups in total. The molecule has 1 unspecified atom stereocenters. The van der Waals surface area contributed by atoms with E-state index in [1.807, 2.05) is 20.8 Å². The Balaban J connectivity index is 2.33. The molecule has 88 valence electrons. The molecule has 0 aliphatic carbocycles. The molecular weight excluding hydrogens is 196 g/mol. The van der Waals surface area contributed by atoms with Gasteiger partial charge in [-0.15, -0.1) is 0 Å². The lowest BCUT2D eigenvalue weighted by Crippen LogP contribution is -2.45. The largest absolute Gasteiger partial charge is 0.465 e. The van der Waals surface area contributed by atoms with Gasteiger partial charge >= 0.3 is 5.97 Å². The van der Waals surface area contributed by atoms with Gasteiger partial charge in [0.1, 0.15) is 6.79 Å². The van der Waals surface area contributed by atoms with E-state index in [1.54, 1.807) is 0 Å². The van der Waals surface area contributed by atoms with Crippen LogP contribution in [0.25, 0.3) is 0 Å². The van der Waals surface area contributed by atoms with Crippen molar-refractivity contribution in [3.63, 3.8) is 0 Å². The van der Waals surface area contributed by atoms with Gasteiger partial charge in [-0.3, -0.25) is 4.79 Å². The predicted octanol–water partition coefficient (Wildman–Crippen LogP) is 1.73. The first kappa shape index (κ1) is 12.5. The molecule has 0 spiro atoms. The van der Waals surface area contributed by atoms with Crippen LogP contribution in [0.4, 0.5) is 0 Å². The minimum Gasteiger partial charge on any atom is -0.465 e. The molecule has 0 bridgehead atoms. The summed E-state index contributed by atoms with van der Waals surface area (Å²) in [5.74, 6) is -0.0223. The molecule has 1 aliphatic rings. The standard InChI is InChI=1S/C11H20O4/c1-4-5-10(12)14-7-9-6-13-8-15-11(9,2)3/h9H,4-8H2,1-3H3. The van der Waals surface area contributed by atoms with Gasteiger partial charge < -0.3 is 14.2 Å². The number of esters is 1. The maximum atomic E-state index is 11.2. The first-order valence-electron chi connectivity index (χ1n) is 5.43. The highest BCUT2D eigenvalue weighted by molar-refractivity contribution is 5.69. The second-order valence-corrected chi connectivity index (χ2v) is 4.37. The predicted molar refractivity (Wildman–Crippen MR) is 55.3 cm³/mol. The van der Waals surface area contributed by atoms with Gasteiger partial charge in [-0.25, -0.2) is 0 Å². The van der Waals surface area contributed by atoms with Crippen LogP contribution in [-0.2, 0) is 19.0 Å². The summed E-state index contributed by atoms with van der Waals surface area (Å²) in [4.78, 5) is 11.2.